The second-order valence-electron chi connectivity index (χ2n) is 4.52. The molecule has 17 heavy (non-hydrogen) atoms. The second kappa shape index (κ2) is 15.1. The molecule has 0 amide bonds. The van der Waals surface area contributed by atoms with E-state index in [4.69, 9.17) is 0 Å². The lowest BCUT2D eigenvalue weighted by atomic mass is 10.1. The molecule has 0 bridgehead atoms. The molecule has 0 saturated carbocycles. The summed E-state index contributed by atoms with van der Waals surface area (Å²) in [7, 11) is 0. The third kappa shape index (κ3) is 15.1. The van der Waals surface area contributed by atoms with Crippen molar-refractivity contribution in [3.05, 3.63) is 24.3 Å². The van der Waals surface area contributed by atoms with Gasteiger partial charge in [0, 0.05) is 0 Å². The summed E-state index contributed by atoms with van der Waals surface area (Å²) in [6.45, 7) is 2.22. The van der Waals surface area contributed by atoms with E-state index in [1.165, 1.54) is 57.8 Å². The van der Waals surface area contributed by atoms with Crippen molar-refractivity contribution >= 4 is 6.29 Å². The fraction of sp³-hybridized carbons (Fsp3) is 0.688. The third-order valence-corrected chi connectivity index (χ3v) is 2.83. The van der Waals surface area contributed by atoms with Gasteiger partial charge in [-0.2, -0.15) is 0 Å². The van der Waals surface area contributed by atoms with Crippen molar-refractivity contribution in [1.29, 1.82) is 0 Å². The standard InChI is InChI=1S/C16H28O/c1-2-3-4-5-6-7-8-9-10-11-12-13-14-15-16-17/h4-5,14-16H,2-3,6-13H2,1H3/b5-4-,15-14+. The highest BCUT2D eigenvalue weighted by Gasteiger charge is 1.89. The Bertz CT molecular complexity index is 204. The normalized spacial score (nSPS) is 11.6. The molecule has 0 aliphatic carbocycles. The zero-order valence-electron chi connectivity index (χ0n) is 11.4. The zero-order valence-corrected chi connectivity index (χ0v) is 11.4. The summed E-state index contributed by atoms with van der Waals surface area (Å²) >= 11 is 0. The number of hydrogen-bond donors (Lipinski definition) is 0. The van der Waals surface area contributed by atoms with Gasteiger partial charge in [-0.3, -0.25) is 4.79 Å². The van der Waals surface area contributed by atoms with Crippen molar-refractivity contribution in [3.8, 4) is 0 Å². The van der Waals surface area contributed by atoms with Crippen LogP contribution >= 0.6 is 0 Å². The Morgan fingerprint density at radius 1 is 0.706 bits per heavy atom. The summed E-state index contributed by atoms with van der Waals surface area (Å²) in [5, 5.41) is 0. The number of carbonyl (C=O) groups excluding carboxylic acids is 1. The molecule has 1 heteroatoms. The van der Waals surface area contributed by atoms with Gasteiger partial charge >= 0.3 is 0 Å². The highest BCUT2D eigenvalue weighted by molar-refractivity contribution is 5.64. The molecule has 0 N–H and O–H groups in total. The number of allylic oxidation sites excluding steroid dienone is 4. The molecule has 98 valence electrons. The second-order valence-corrected chi connectivity index (χ2v) is 4.52. The molecule has 0 aromatic rings. The van der Waals surface area contributed by atoms with E-state index >= 15 is 0 Å². The Morgan fingerprint density at radius 3 is 1.82 bits per heavy atom. The van der Waals surface area contributed by atoms with Crippen molar-refractivity contribution in [2.24, 2.45) is 0 Å². The van der Waals surface area contributed by atoms with Crippen LogP contribution in [0, 0.1) is 0 Å². The van der Waals surface area contributed by atoms with Crippen LogP contribution in [0.2, 0.25) is 0 Å². The predicted octanol–water partition coefficient (Wildman–Crippen LogP) is 5.22. The molecule has 0 aromatic carbocycles. The monoisotopic (exact) mass is 236 g/mol. The molecule has 0 spiro atoms. The maximum absolute atomic E-state index is 10.0. The molecule has 0 aromatic heterocycles. The number of unbranched alkanes of at least 4 members (excludes halogenated alkanes) is 8. The maximum atomic E-state index is 10.0. The van der Waals surface area contributed by atoms with Gasteiger partial charge in [-0.05, 0) is 38.2 Å². The molecule has 0 fully saturated rings. The van der Waals surface area contributed by atoms with Crippen molar-refractivity contribution in [1.82, 2.24) is 0 Å². The van der Waals surface area contributed by atoms with Crippen LogP contribution in [0.1, 0.15) is 71.1 Å². The van der Waals surface area contributed by atoms with E-state index in [1.807, 2.05) is 6.08 Å². The van der Waals surface area contributed by atoms with E-state index in [2.05, 4.69) is 19.1 Å². The molecule has 0 heterocycles. The summed E-state index contributed by atoms with van der Waals surface area (Å²) in [5.74, 6) is 0. The molecule has 0 rings (SSSR count). The van der Waals surface area contributed by atoms with Crippen LogP contribution in [-0.2, 0) is 4.79 Å². The SMILES string of the molecule is CCC/C=C\CCCCCCCC/C=C/C=O. The molecule has 0 saturated heterocycles. The van der Waals surface area contributed by atoms with Crippen LogP contribution in [0.25, 0.3) is 0 Å². The molecule has 0 aliphatic heterocycles. The summed E-state index contributed by atoms with van der Waals surface area (Å²) < 4.78 is 0. The highest BCUT2D eigenvalue weighted by atomic mass is 16.1. The molecule has 0 aliphatic rings. The molecule has 1 nitrogen and oxygen atoms in total. The van der Waals surface area contributed by atoms with Gasteiger partial charge in [0.1, 0.15) is 6.29 Å². The average molecular weight is 236 g/mol. The van der Waals surface area contributed by atoms with Crippen LogP contribution in [0.5, 0.6) is 0 Å². The van der Waals surface area contributed by atoms with Crippen molar-refractivity contribution in [2.45, 2.75) is 71.1 Å². The minimum atomic E-state index is 0.853. The topological polar surface area (TPSA) is 17.1 Å². The van der Waals surface area contributed by atoms with Crippen molar-refractivity contribution in [2.75, 3.05) is 0 Å². The third-order valence-electron chi connectivity index (χ3n) is 2.83. The first-order valence-corrected chi connectivity index (χ1v) is 7.17. The summed E-state index contributed by atoms with van der Waals surface area (Å²) in [6, 6.07) is 0. The van der Waals surface area contributed by atoms with Gasteiger partial charge in [0.05, 0.1) is 0 Å². The first-order valence-electron chi connectivity index (χ1n) is 7.17. The minimum Gasteiger partial charge on any atom is -0.299 e. The number of aldehydes is 1. The number of rotatable bonds is 12. The van der Waals surface area contributed by atoms with Gasteiger partial charge in [-0.15, -0.1) is 0 Å². The zero-order chi connectivity index (χ0) is 12.6. The smallest absolute Gasteiger partial charge is 0.142 e. The first kappa shape index (κ1) is 16.1. The fourth-order valence-corrected chi connectivity index (χ4v) is 1.79. The van der Waals surface area contributed by atoms with E-state index in [0.29, 0.717) is 0 Å². The Morgan fingerprint density at radius 2 is 1.24 bits per heavy atom. The summed E-state index contributed by atoms with van der Waals surface area (Å²) in [4.78, 5) is 10.0. The van der Waals surface area contributed by atoms with Gasteiger partial charge in [-0.25, -0.2) is 0 Å². The number of carbonyl (C=O) groups is 1. The average Bonchev–Trinajstić information content (AvgIpc) is 2.35. The van der Waals surface area contributed by atoms with Crippen molar-refractivity contribution < 1.29 is 4.79 Å². The lowest BCUT2D eigenvalue weighted by Crippen LogP contribution is -1.79. The lowest BCUT2D eigenvalue weighted by Gasteiger charge is -1.99. The van der Waals surface area contributed by atoms with Crippen LogP contribution in [0.15, 0.2) is 24.3 Å². The predicted molar refractivity (Wildman–Crippen MR) is 76.2 cm³/mol. The fourth-order valence-electron chi connectivity index (χ4n) is 1.79. The van der Waals surface area contributed by atoms with Gasteiger partial charge in [0.15, 0.2) is 0 Å². The quantitative estimate of drug-likeness (QED) is 0.196. The van der Waals surface area contributed by atoms with Crippen LogP contribution < -0.4 is 0 Å². The molecular weight excluding hydrogens is 208 g/mol. The van der Waals surface area contributed by atoms with Crippen molar-refractivity contribution in [3.63, 3.8) is 0 Å². The molecule has 0 unspecified atom stereocenters. The number of hydrogen-bond acceptors (Lipinski definition) is 1. The van der Waals surface area contributed by atoms with E-state index in [1.54, 1.807) is 6.08 Å². The van der Waals surface area contributed by atoms with Crippen LogP contribution in [0.4, 0.5) is 0 Å². The minimum absolute atomic E-state index is 0.853. The molecular formula is C16H28O. The Labute approximate surface area is 107 Å². The van der Waals surface area contributed by atoms with Gasteiger partial charge < -0.3 is 0 Å². The van der Waals surface area contributed by atoms with Gasteiger partial charge in [0.2, 0.25) is 0 Å². The highest BCUT2D eigenvalue weighted by Crippen LogP contribution is 2.09. The van der Waals surface area contributed by atoms with E-state index < -0.39 is 0 Å². The van der Waals surface area contributed by atoms with E-state index in [0.717, 1.165) is 12.7 Å². The molecule has 0 radical (unpaired) electrons. The summed E-state index contributed by atoms with van der Waals surface area (Å²) in [6.07, 6.45) is 21.8. The Balaban J connectivity index is 3.03. The van der Waals surface area contributed by atoms with E-state index in [-0.39, 0.29) is 0 Å². The maximum Gasteiger partial charge on any atom is 0.142 e. The van der Waals surface area contributed by atoms with Crippen LogP contribution in [0.3, 0.4) is 0 Å². The molecule has 0 atom stereocenters. The van der Waals surface area contributed by atoms with Gasteiger partial charge in [0.25, 0.3) is 0 Å². The van der Waals surface area contributed by atoms with E-state index in [9.17, 15) is 4.79 Å². The Hall–Kier alpha value is -0.850. The first-order chi connectivity index (χ1) is 8.41. The van der Waals surface area contributed by atoms with Crippen LogP contribution in [-0.4, -0.2) is 6.29 Å². The Kier molecular flexibility index (Phi) is 14.4. The van der Waals surface area contributed by atoms with Gasteiger partial charge in [-0.1, -0.05) is 57.3 Å². The summed E-state index contributed by atoms with van der Waals surface area (Å²) in [5.41, 5.74) is 0. The lowest BCUT2D eigenvalue weighted by molar-refractivity contribution is -0.104. The largest absolute Gasteiger partial charge is 0.299 e.